The Balaban J connectivity index is 1.66. The van der Waals surface area contributed by atoms with Crippen LogP contribution < -0.4 is 4.74 Å². The number of ether oxygens (including phenoxy) is 3. The molecule has 1 aromatic rings. The minimum atomic E-state index is -0.505. The van der Waals surface area contributed by atoms with Crippen molar-refractivity contribution in [3.05, 3.63) is 29.6 Å². The van der Waals surface area contributed by atoms with Crippen LogP contribution in [0.15, 0.2) is 18.2 Å². The van der Waals surface area contributed by atoms with Crippen molar-refractivity contribution in [2.24, 2.45) is 0 Å². The zero-order valence-electron chi connectivity index (χ0n) is 16.0. The Morgan fingerprint density at radius 1 is 1.23 bits per heavy atom. The van der Waals surface area contributed by atoms with Crippen molar-refractivity contribution in [3.8, 4) is 5.75 Å². The second-order valence-electron chi connectivity index (χ2n) is 8.15. The van der Waals surface area contributed by atoms with Crippen LogP contribution in [0.2, 0.25) is 0 Å². The summed E-state index contributed by atoms with van der Waals surface area (Å²) < 4.78 is 31.1. The number of piperidine rings is 1. The maximum Gasteiger partial charge on any atom is 0.410 e. The Hall–Kier alpha value is -1.82. The number of hydrogen-bond donors (Lipinski definition) is 0. The molecule has 0 unspecified atom stereocenters. The van der Waals surface area contributed by atoms with E-state index in [2.05, 4.69) is 0 Å². The van der Waals surface area contributed by atoms with Crippen molar-refractivity contribution in [2.45, 2.75) is 76.9 Å². The van der Waals surface area contributed by atoms with Gasteiger partial charge in [-0.1, -0.05) is 12.1 Å². The molecule has 0 radical (unpaired) electrons. The lowest BCUT2D eigenvalue weighted by Gasteiger charge is -2.39. The number of fused-ring (bicyclic) bond motifs is 2. The number of amides is 1. The molecular formula is C20H28FNO4. The first kappa shape index (κ1) is 19.0. The van der Waals surface area contributed by atoms with Gasteiger partial charge in [-0.3, -0.25) is 0 Å². The monoisotopic (exact) mass is 365 g/mol. The molecule has 3 atom stereocenters. The molecule has 5 nitrogen and oxygen atoms in total. The summed E-state index contributed by atoms with van der Waals surface area (Å²) in [5.74, 6) is -0.106. The number of carbonyl (C=O) groups is 1. The van der Waals surface area contributed by atoms with E-state index in [4.69, 9.17) is 14.2 Å². The SMILES string of the molecule is COCc1cccc(O[C@H]2C[C@H]3CC[C@@H](C2)N3C(=O)OC(C)(C)C)c1F. The van der Waals surface area contributed by atoms with Gasteiger partial charge < -0.3 is 19.1 Å². The zero-order chi connectivity index (χ0) is 18.9. The Bertz CT molecular complexity index is 644. The van der Waals surface area contributed by atoms with Crippen LogP contribution >= 0.6 is 0 Å². The predicted octanol–water partition coefficient (Wildman–Crippen LogP) is 4.28. The van der Waals surface area contributed by atoms with Crippen LogP contribution in [0.3, 0.4) is 0 Å². The highest BCUT2D eigenvalue weighted by atomic mass is 19.1. The third-order valence-corrected chi connectivity index (χ3v) is 4.93. The molecular weight excluding hydrogens is 337 g/mol. The number of rotatable bonds is 4. The van der Waals surface area contributed by atoms with Gasteiger partial charge in [-0.2, -0.15) is 0 Å². The Morgan fingerprint density at radius 3 is 2.46 bits per heavy atom. The third-order valence-electron chi connectivity index (χ3n) is 4.93. The van der Waals surface area contributed by atoms with E-state index >= 15 is 0 Å². The molecule has 1 aromatic carbocycles. The molecule has 0 aromatic heterocycles. The number of carbonyl (C=O) groups excluding carboxylic acids is 1. The summed E-state index contributed by atoms with van der Waals surface area (Å²) in [4.78, 5) is 14.4. The molecule has 2 saturated heterocycles. The van der Waals surface area contributed by atoms with Gasteiger partial charge in [0.25, 0.3) is 0 Å². The lowest BCUT2D eigenvalue weighted by molar-refractivity contribution is -0.00758. The molecule has 6 heteroatoms. The Morgan fingerprint density at radius 2 is 1.88 bits per heavy atom. The minimum Gasteiger partial charge on any atom is -0.487 e. The van der Waals surface area contributed by atoms with Gasteiger partial charge in [0.15, 0.2) is 11.6 Å². The summed E-state index contributed by atoms with van der Waals surface area (Å²) in [6.45, 7) is 5.83. The summed E-state index contributed by atoms with van der Waals surface area (Å²) in [7, 11) is 1.54. The summed E-state index contributed by atoms with van der Waals surface area (Å²) in [5.41, 5.74) is -0.0198. The van der Waals surface area contributed by atoms with Gasteiger partial charge in [-0.05, 0) is 39.7 Å². The van der Waals surface area contributed by atoms with Crippen molar-refractivity contribution >= 4 is 6.09 Å². The molecule has 0 aliphatic carbocycles. The van der Waals surface area contributed by atoms with Gasteiger partial charge >= 0.3 is 6.09 Å². The van der Waals surface area contributed by atoms with Crippen LogP contribution in [0.4, 0.5) is 9.18 Å². The standard InChI is InChI=1S/C20H28FNO4/c1-20(2,3)26-19(23)22-14-8-9-15(22)11-16(10-14)25-17-7-5-6-13(12-24-4)18(17)21/h5-7,14-16H,8-12H2,1-4H3/t14-,15+,16+. The molecule has 26 heavy (non-hydrogen) atoms. The molecule has 1 amide bonds. The van der Waals surface area contributed by atoms with Crippen molar-refractivity contribution in [3.63, 3.8) is 0 Å². The number of methoxy groups -OCH3 is 1. The zero-order valence-corrected chi connectivity index (χ0v) is 16.0. The highest BCUT2D eigenvalue weighted by molar-refractivity contribution is 5.69. The van der Waals surface area contributed by atoms with Gasteiger partial charge in [0, 0.05) is 37.6 Å². The fraction of sp³-hybridized carbons (Fsp3) is 0.650. The molecule has 3 rings (SSSR count). The average molecular weight is 365 g/mol. The molecule has 0 spiro atoms. The fourth-order valence-corrected chi connectivity index (χ4v) is 3.93. The fourth-order valence-electron chi connectivity index (χ4n) is 3.93. The molecule has 2 fully saturated rings. The van der Waals surface area contributed by atoms with E-state index in [0.717, 1.165) is 12.8 Å². The molecule has 2 bridgehead atoms. The first-order valence-electron chi connectivity index (χ1n) is 9.23. The van der Waals surface area contributed by atoms with E-state index in [1.165, 1.54) is 7.11 Å². The second-order valence-corrected chi connectivity index (χ2v) is 8.15. The van der Waals surface area contributed by atoms with E-state index in [1.54, 1.807) is 18.2 Å². The van der Waals surface area contributed by atoms with Gasteiger partial charge in [0.05, 0.1) is 6.61 Å². The van der Waals surface area contributed by atoms with Crippen LogP contribution in [0, 0.1) is 5.82 Å². The van der Waals surface area contributed by atoms with Crippen molar-refractivity contribution in [1.82, 2.24) is 4.90 Å². The van der Waals surface area contributed by atoms with Crippen LogP contribution in [-0.2, 0) is 16.1 Å². The van der Waals surface area contributed by atoms with Crippen LogP contribution in [0.5, 0.6) is 5.75 Å². The molecule has 2 aliphatic heterocycles. The van der Waals surface area contributed by atoms with Gasteiger partial charge in [-0.15, -0.1) is 0 Å². The van der Waals surface area contributed by atoms with Gasteiger partial charge in [0.2, 0.25) is 0 Å². The van der Waals surface area contributed by atoms with Crippen molar-refractivity contribution in [2.75, 3.05) is 7.11 Å². The van der Waals surface area contributed by atoms with Gasteiger partial charge in [0.1, 0.15) is 11.7 Å². The topological polar surface area (TPSA) is 48.0 Å². The second kappa shape index (κ2) is 7.43. The molecule has 144 valence electrons. The summed E-state index contributed by atoms with van der Waals surface area (Å²) >= 11 is 0. The maximum atomic E-state index is 14.5. The Labute approximate surface area is 154 Å². The van der Waals surface area contributed by atoms with E-state index in [1.807, 2.05) is 25.7 Å². The van der Waals surface area contributed by atoms with E-state index in [9.17, 15) is 9.18 Å². The smallest absolute Gasteiger partial charge is 0.410 e. The molecule has 2 aliphatic rings. The molecule has 2 heterocycles. The van der Waals surface area contributed by atoms with Crippen molar-refractivity contribution < 1.29 is 23.4 Å². The van der Waals surface area contributed by atoms with E-state index in [-0.39, 0.29) is 42.5 Å². The lowest BCUT2D eigenvalue weighted by atomic mass is 10.00. The number of halogens is 1. The quantitative estimate of drug-likeness (QED) is 0.799. The molecule has 0 saturated carbocycles. The molecule has 0 N–H and O–H groups in total. The first-order valence-corrected chi connectivity index (χ1v) is 9.23. The number of benzene rings is 1. The average Bonchev–Trinajstić information content (AvgIpc) is 2.81. The summed E-state index contributed by atoms with van der Waals surface area (Å²) in [6, 6.07) is 5.31. The van der Waals surface area contributed by atoms with Gasteiger partial charge in [-0.25, -0.2) is 9.18 Å². The Kier molecular flexibility index (Phi) is 5.42. The lowest BCUT2D eigenvalue weighted by Crippen LogP contribution is -2.50. The van der Waals surface area contributed by atoms with Crippen LogP contribution in [0.1, 0.15) is 52.0 Å². The van der Waals surface area contributed by atoms with Crippen LogP contribution in [-0.4, -0.2) is 41.9 Å². The third kappa shape index (κ3) is 4.11. The van der Waals surface area contributed by atoms with Crippen molar-refractivity contribution in [1.29, 1.82) is 0 Å². The normalized spacial score (nSPS) is 25.3. The maximum absolute atomic E-state index is 14.5. The number of hydrogen-bond acceptors (Lipinski definition) is 4. The summed E-state index contributed by atoms with van der Waals surface area (Å²) in [6.07, 6.45) is 2.93. The van der Waals surface area contributed by atoms with E-state index < -0.39 is 5.60 Å². The minimum absolute atomic E-state index is 0.0961. The van der Waals surface area contributed by atoms with E-state index in [0.29, 0.717) is 18.4 Å². The number of nitrogens with zero attached hydrogens (tertiary/aromatic N) is 1. The highest BCUT2D eigenvalue weighted by Crippen LogP contribution is 2.38. The predicted molar refractivity (Wildman–Crippen MR) is 95.6 cm³/mol. The first-order chi connectivity index (χ1) is 12.3. The summed E-state index contributed by atoms with van der Waals surface area (Å²) in [5, 5.41) is 0. The largest absolute Gasteiger partial charge is 0.487 e. The highest BCUT2D eigenvalue weighted by Gasteiger charge is 2.45. The van der Waals surface area contributed by atoms with Crippen LogP contribution in [0.25, 0.3) is 0 Å².